The number of likely N-dealkylation sites (tertiary alicyclic amines) is 1. The lowest BCUT2D eigenvalue weighted by Crippen LogP contribution is -2.46. The molecule has 0 unspecified atom stereocenters. The summed E-state index contributed by atoms with van der Waals surface area (Å²) >= 11 is 12.2. The van der Waals surface area contributed by atoms with Crippen molar-refractivity contribution in [2.45, 2.75) is 181 Å². The maximum atomic E-state index is 15.0. The fourth-order valence-electron chi connectivity index (χ4n) is 11.9. The molecule has 478 valence electrons. The summed E-state index contributed by atoms with van der Waals surface area (Å²) < 4.78 is 61.5. The molecule has 3 amide bonds. The number of hydrogen-bond donors (Lipinski definition) is 3. The highest BCUT2D eigenvalue weighted by atomic mass is 35.5. The number of aromatic nitrogens is 4. The van der Waals surface area contributed by atoms with E-state index in [2.05, 4.69) is 39.3 Å². The van der Waals surface area contributed by atoms with Crippen LogP contribution in [0.1, 0.15) is 167 Å². The van der Waals surface area contributed by atoms with E-state index >= 15 is 4.39 Å². The molecule has 89 heavy (non-hydrogen) atoms. The van der Waals surface area contributed by atoms with Crippen molar-refractivity contribution in [1.29, 1.82) is 0 Å². The van der Waals surface area contributed by atoms with E-state index in [1.807, 2.05) is 18.2 Å². The number of hydrogen-bond acceptors (Lipinski definition) is 10. The summed E-state index contributed by atoms with van der Waals surface area (Å²) in [4.78, 5) is 80.5. The van der Waals surface area contributed by atoms with Crippen molar-refractivity contribution in [1.82, 2.24) is 34.7 Å². The molecule has 0 saturated carbocycles. The molecule has 10 rings (SSSR count). The number of Topliss-reactive ketones (excluding diaryl/α,β-unsaturated/α-hetero) is 3. The summed E-state index contributed by atoms with van der Waals surface area (Å²) in [7, 11) is 0. The first-order chi connectivity index (χ1) is 42.3. The number of ketones is 3. The first-order valence-corrected chi connectivity index (χ1v) is 31.5. The summed E-state index contributed by atoms with van der Waals surface area (Å²) in [5, 5.41) is 19.1. The molecule has 0 radical (unpaired) electrons. The highest BCUT2D eigenvalue weighted by Crippen LogP contribution is 2.31. The fraction of sp³-hybridized carbons (Fsp3) is 0.471. The van der Waals surface area contributed by atoms with Gasteiger partial charge < -0.3 is 25.8 Å². The second-order valence-electron chi connectivity index (χ2n) is 23.2. The van der Waals surface area contributed by atoms with Gasteiger partial charge in [-0.3, -0.25) is 38.1 Å². The minimum Gasteiger partial charge on any atom is -0.385 e. The molecule has 6 heterocycles. The third kappa shape index (κ3) is 18.2. The molecule has 6 bridgehead atoms. The van der Waals surface area contributed by atoms with E-state index in [9.17, 15) is 41.9 Å². The molecule has 3 N–H and O–H groups in total. The van der Waals surface area contributed by atoms with Crippen molar-refractivity contribution in [3.05, 3.63) is 135 Å². The van der Waals surface area contributed by atoms with Crippen LogP contribution in [0.4, 0.5) is 28.9 Å². The molecule has 4 atom stereocenters. The summed E-state index contributed by atoms with van der Waals surface area (Å²) in [6, 6.07) is 15.3. The number of amides is 3. The summed E-state index contributed by atoms with van der Waals surface area (Å²) in [6.45, 7) is 10.3. The van der Waals surface area contributed by atoms with Crippen LogP contribution in [0, 0.1) is 11.6 Å². The number of nitrogens with zero attached hydrogens (tertiary/aromatic N) is 6. The van der Waals surface area contributed by atoms with Crippen LogP contribution < -0.4 is 16.0 Å². The number of anilines is 2. The van der Waals surface area contributed by atoms with Gasteiger partial charge in [-0.15, -0.1) is 6.58 Å². The SMILES string of the molecule is C.C=CCNc1ccc2c(c1)c(C(C)=O)nn2CC(=O)N1C[C@H](F)C[C@H]1C(=O)NCc1cc(C=C)cc(Cl)c1F.CC(=O)c1nn2c3ccc(cc13)NCCCCCCCCCCCCCCCc1cc(Cl)c(F)c(c1)CCC(=O)[C@@H]1C[C@@H](F)CN1C(=O)C2. The quantitative estimate of drug-likeness (QED) is 0.0642. The van der Waals surface area contributed by atoms with Gasteiger partial charge in [0, 0.05) is 80.5 Å². The van der Waals surface area contributed by atoms with E-state index in [-0.39, 0.29) is 110 Å². The zero-order valence-electron chi connectivity index (χ0n) is 50.2. The monoisotopic (exact) mass is 1270 g/mol. The number of carbonyl (C=O) groups is 6. The molecule has 6 aromatic rings. The third-order valence-electron chi connectivity index (χ3n) is 16.6. The molecule has 4 aliphatic heterocycles. The number of benzene rings is 4. The van der Waals surface area contributed by atoms with Crippen LogP contribution >= 0.6 is 23.2 Å². The Bertz CT molecular complexity index is 3540. The molecule has 4 aromatic carbocycles. The zero-order valence-corrected chi connectivity index (χ0v) is 51.7. The average molecular weight is 1270 g/mol. The molecule has 21 heteroatoms. The van der Waals surface area contributed by atoms with E-state index in [4.69, 9.17) is 23.2 Å². The molecule has 2 saturated heterocycles. The predicted molar refractivity (Wildman–Crippen MR) is 345 cm³/mol. The molecule has 2 fully saturated rings. The summed E-state index contributed by atoms with van der Waals surface area (Å²) in [5.74, 6) is -3.63. The molecular weight excluding hydrogens is 1190 g/mol. The second-order valence-corrected chi connectivity index (χ2v) is 24.1. The lowest BCUT2D eigenvalue weighted by atomic mass is 9.98. The molecule has 15 nitrogen and oxygen atoms in total. The minimum absolute atomic E-state index is 0. The fourth-order valence-corrected chi connectivity index (χ4v) is 12.5. The number of carbonyl (C=O) groups excluding carboxylic acids is 6. The van der Waals surface area contributed by atoms with Crippen LogP contribution in [0.5, 0.6) is 0 Å². The first kappa shape index (κ1) is 69.1. The highest BCUT2D eigenvalue weighted by Gasteiger charge is 2.41. The Morgan fingerprint density at radius 2 is 1.35 bits per heavy atom. The average Bonchev–Trinajstić information content (AvgIpc) is 1.76. The van der Waals surface area contributed by atoms with Crippen LogP contribution in [0.3, 0.4) is 0 Å². The number of aryl methyl sites for hydroxylation is 2. The number of halogens is 6. The predicted octanol–water partition coefficient (Wildman–Crippen LogP) is 14.4. The van der Waals surface area contributed by atoms with Gasteiger partial charge in [-0.1, -0.05) is 126 Å². The topological polar surface area (TPSA) is 181 Å². The normalized spacial score (nSPS) is 19.3. The molecule has 4 aliphatic rings. The lowest BCUT2D eigenvalue weighted by molar-refractivity contribution is -0.139. The molecule has 0 aliphatic carbocycles. The van der Waals surface area contributed by atoms with Crippen molar-refractivity contribution < 1.29 is 46.3 Å². The standard InChI is InChI=1S/C39H51ClF2N4O3.C28H28ClF2N5O3.CH4/c1-27(47)39-32-24-31-17-18-34(32)46(44-39)26-37(49)45-25-30(41)23-35(45)36(48)19-16-29-21-28(22-33(40)38(29)42)15-13-11-9-7-5-3-2-4-6-8-10-12-14-20-43-31;1-4-8-32-20-6-7-23-21(12-20)27(16(3)37)34-36(23)15-25(38)35-14-19(30)11-24(35)28(39)33-13-18-9-17(5-2)10-22(29)26(18)31;/h17-18,21-22,24,30,35,43H,2-16,19-20,23,25-26H2,1H3;4-7,9-10,12,19,24,32H,1-2,8,11,13-15H2,3H3,(H,33,39);1H4/t30-,35+;19-,24+;/m11./s1. The largest absolute Gasteiger partial charge is 0.385 e. The van der Waals surface area contributed by atoms with Gasteiger partial charge in [-0.25, -0.2) is 17.6 Å². The minimum atomic E-state index is -1.40. The molecule has 0 spiro atoms. The van der Waals surface area contributed by atoms with Gasteiger partial charge in [0.05, 0.1) is 40.2 Å². The van der Waals surface area contributed by atoms with Crippen molar-refractivity contribution in [3.63, 3.8) is 0 Å². The van der Waals surface area contributed by atoms with Gasteiger partial charge in [0.25, 0.3) is 0 Å². The third-order valence-corrected chi connectivity index (χ3v) is 17.1. The van der Waals surface area contributed by atoms with E-state index < -0.39 is 53.8 Å². The van der Waals surface area contributed by atoms with E-state index in [1.54, 1.807) is 36.4 Å². The van der Waals surface area contributed by atoms with Crippen molar-refractivity contribution in [2.75, 3.05) is 36.8 Å². The van der Waals surface area contributed by atoms with E-state index in [0.717, 1.165) is 54.1 Å². The number of fused-ring (bicyclic) bond motifs is 20. The van der Waals surface area contributed by atoms with Crippen molar-refractivity contribution in [3.8, 4) is 0 Å². The summed E-state index contributed by atoms with van der Waals surface area (Å²) in [5.41, 5.74) is 5.28. The second kappa shape index (κ2) is 32.9. The van der Waals surface area contributed by atoms with E-state index in [1.165, 1.54) is 111 Å². The Labute approximate surface area is 529 Å². The Morgan fingerprint density at radius 1 is 0.719 bits per heavy atom. The van der Waals surface area contributed by atoms with Gasteiger partial charge in [-0.05, 0) is 97.0 Å². The Hall–Kier alpha value is -7.38. The number of nitrogens with one attached hydrogen (secondary N) is 3. The number of alkyl halides is 2. The van der Waals surface area contributed by atoms with Gasteiger partial charge in [-0.2, -0.15) is 10.2 Å². The van der Waals surface area contributed by atoms with E-state index in [0.29, 0.717) is 39.5 Å². The maximum absolute atomic E-state index is 15.0. The lowest BCUT2D eigenvalue weighted by Gasteiger charge is -2.24. The molecule has 2 aromatic heterocycles. The van der Waals surface area contributed by atoms with Crippen LogP contribution in [0.2, 0.25) is 10.0 Å². The van der Waals surface area contributed by atoms with Crippen LogP contribution in [0.15, 0.2) is 79.9 Å². The smallest absolute Gasteiger partial charge is 0.245 e. The number of rotatable bonds is 11. The van der Waals surface area contributed by atoms with Gasteiger partial charge in [0.2, 0.25) is 17.7 Å². The van der Waals surface area contributed by atoms with Gasteiger partial charge >= 0.3 is 0 Å². The van der Waals surface area contributed by atoms with Crippen LogP contribution in [0.25, 0.3) is 27.9 Å². The Balaban J connectivity index is 0.000000257. The zero-order chi connectivity index (χ0) is 63.0. The maximum Gasteiger partial charge on any atom is 0.245 e. The summed E-state index contributed by atoms with van der Waals surface area (Å²) in [6.07, 6.45) is 16.7. The Kier molecular flexibility index (Phi) is 25.6. The molecular formula is C68H83Cl2F4N9O6. The van der Waals surface area contributed by atoms with Crippen LogP contribution in [-0.4, -0.2) is 115 Å². The first-order valence-electron chi connectivity index (χ1n) is 30.7. The van der Waals surface area contributed by atoms with Crippen molar-refractivity contribution >= 4 is 97.5 Å². The highest BCUT2D eigenvalue weighted by molar-refractivity contribution is 6.31. The van der Waals surface area contributed by atoms with Gasteiger partial charge in [0.1, 0.15) is 54.5 Å². The van der Waals surface area contributed by atoms with Gasteiger partial charge in [0.15, 0.2) is 17.3 Å². The van der Waals surface area contributed by atoms with Crippen molar-refractivity contribution in [2.24, 2.45) is 0 Å². The Morgan fingerprint density at radius 3 is 2.02 bits per heavy atom. The van der Waals surface area contributed by atoms with Crippen LogP contribution in [-0.2, 0) is 51.7 Å².